The third kappa shape index (κ3) is 7.38. The second-order valence-electron chi connectivity index (χ2n) is 6.29. The standard InChI is InChI=1S/C16H24NO6P/c1-5-13-6-8-14(9-7-13)16(18)22-11-10-15(17(2,3)4)12-23-24(19,20)21/h5-9,15H,1,10-12H2,2-4H3,(H-,19,20,21). The number of carbonyl (C=O) groups excluding carboxylic acids is 1. The third-order valence-corrected chi connectivity index (χ3v) is 4.07. The molecule has 0 aliphatic rings. The average Bonchev–Trinajstić information content (AvgIpc) is 2.48. The van der Waals surface area contributed by atoms with Gasteiger partial charge in [-0.3, -0.25) is 4.57 Å². The maximum atomic E-state index is 12.0. The van der Waals surface area contributed by atoms with Crippen molar-refractivity contribution in [1.29, 1.82) is 0 Å². The monoisotopic (exact) mass is 357 g/mol. The zero-order valence-electron chi connectivity index (χ0n) is 14.2. The van der Waals surface area contributed by atoms with Gasteiger partial charge in [-0.05, 0) is 17.7 Å². The van der Waals surface area contributed by atoms with Crippen LogP contribution in [-0.4, -0.2) is 55.7 Å². The molecule has 1 rings (SSSR count). The fraction of sp³-hybridized carbons (Fsp3) is 0.438. The highest BCUT2D eigenvalue weighted by Gasteiger charge is 2.26. The minimum absolute atomic E-state index is 0.111. The molecule has 1 N–H and O–H groups in total. The van der Waals surface area contributed by atoms with Gasteiger partial charge in [0.2, 0.25) is 0 Å². The molecule has 0 aliphatic heterocycles. The summed E-state index contributed by atoms with van der Waals surface area (Å²) in [7, 11) is 0.802. The minimum atomic E-state index is -4.77. The number of phosphoric acid groups is 1. The minimum Gasteiger partial charge on any atom is -0.756 e. The Balaban J connectivity index is 2.55. The summed E-state index contributed by atoms with van der Waals surface area (Å²) in [6.45, 7) is 3.57. The number of benzene rings is 1. The smallest absolute Gasteiger partial charge is 0.338 e. The Morgan fingerprint density at radius 3 is 2.42 bits per heavy atom. The molecule has 8 heteroatoms. The first-order valence-corrected chi connectivity index (χ1v) is 8.91. The SMILES string of the molecule is C=Cc1ccc(C(=O)OCCC(COP(=O)([O-])O)[N+](C)(C)C)cc1. The first kappa shape index (κ1) is 20.5. The number of hydrogen-bond acceptors (Lipinski definition) is 5. The zero-order chi connectivity index (χ0) is 18.4. The van der Waals surface area contributed by atoms with Crippen molar-refractivity contribution in [2.45, 2.75) is 12.5 Å². The van der Waals surface area contributed by atoms with Crippen LogP contribution in [0.5, 0.6) is 0 Å². The fourth-order valence-electron chi connectivity index (χ4n) is 2.00. The van der Waals surface area contributed by atoms with Crippen molar-refractivity contribution < 1.29 is 32.9 Å². The van der Waals surface area contributed by atoms with Crippen LogP contribution in [0.2, 0.25) is 0 Å². The van der Waals surface area contributed by atoms with Crippen LogP contribution in [0.25, 0.3) is 6.08 Å². The van der Waals surface area contributed by atoms with Crippen molar-refractivity contribution in [2.75, 3.05) is 34.4 Å². The van der Waals surface area contributed by atoms with Crippen LogP contribution in [0.1, 0.15) is 22.3 Å². The Labute approximate surface area is 142 Å². The number of likely N-dealkylation sites (N-methyl/N-ethyl adjacent to an activating group) is 1. The Morgan fingerprint density at radius 2 is 1.96 bits per heavy atom. The van der Waals surface area contributed by atoms with Crippen LogP contribution in [0.3, 0.4) is 0 Å². The molecule has 0 heterocycles. The summed E-state index contributed by atoms with van der Waals surface area (Å²) in [5.74, 6) is -0.455. The number of phosphoric ester groups is 1. The summed E-state index contributed by atoms with van der Waals surface area (Å²) in [6, 6.07) is 6.56. The molecule has 0 amide bonds. The van der Waals surface area contributed by atoms with E-state index in [2.05, 4.69) is 11.1 Å². The predicted octanol–water partition coefficient (Wildman–Crippen LogP) is 1.43. The number of esters is 1. The molecule has 0 saturated heterocycles. The van der Waals surface area contributed by atoms with E-state index in [1.807, 2.05) is 21.1 Å². The van der Waals surface area contributed by atoms with Gasteiger partial charge in [0.15, 0.2) is 0 Å². The molecule has 0 aliphatic carbocycles. The molecule has 0 saturated carbocycles. The molecule has 0 bridgehead atoms. The van der Waals surface area contributed by atoms with E-state index in [1.165, 1.54) is 0 Å². The first-order chi connectivity index (χ1) is 11.0. The van der Waals surface area contributed by atoms with Gasteiger partial charge < -0.3 is 23.5 Å². The zero-order valence-corrected chi connectivity index (χ0v) is 15.1. The Kier molecular flexibility index (Phi) is 7.32. The second kappa shape index (κ2) is 8.55. The fourth-order valence-corrected chi connectivity index (χ4v) is 2.36. The van der Waals surface area contributed by atoms with Gasteiger partial charge in [0.1, 0.15) is 12.6 Å². The van der Waals surface area contributed by atoms with E-state index >= 15 is 0 Å². The first-order valence-electron chi connectivity index (χ1n) is 7.42. The topological polar surface area (TPSA) is 95.9 Å². The van der Waals surface area contributed by atoms with Crippen molar-refractivity contribution >= 4 is 19.9 Å². The molecule has 2 atom stereocenters. The van der Waals surface area contributed by atoms with Crippen LogP contribution in [0.4, 0.5) is 0 Å². The molecule has 0 fully saturated rings. The van der Waals surface area contributed by atoms with Crippen molar-refractivity contribution in [3.63, 3.8) is 0 Å². The number of rotatable bonds is 9. The van der Waals surface area contributed by atoms with Crippen molar-refractivity contribution in [1.82, 2.24) is 0 Å². The predicted molar refractivity (Wildman–Crippen MR) is 89.0 cm³/mol. The Bertz CT molecular complexity index is 602. The molecule has 1 aromatic rings. The number of carbonyl (C=O) groups is 1. The van der Waals surface area contributed by atoms with Gasteiger partial charge in [0.25, 0.3) is 7.82 Å². The van der Waals surface area contributed by atoms with Gasteiger partial charge in [-0.2, -0.15) is 0 Å². The van der Waals surface area contributed by atoms with E-state index < -0.39 is 13.8 Å². The summed E-state index contributed by atoms with van der Waals surface area (Å²) >= 11 is 0. The lowest BCUT2D eigenvalue weighted by Gasteiger charge is -2.34. The summed E-state index contributed by atoms with van der Waals surface area (Å²) in [4.78, 5) is 31.4. The molecule has 0 aromatic heterocycles. The number of ether oxygens (including phenoxy) is 1. The van der Waals surface area contributed by atoms with Crippen LogP contribution < -0.4 is 4.89 Å². The summed E-state index contributed by atoms with van der Waals surface area (Å²) in [5.41, 5.74) is 1.33. The van der Waals surface area contributed by atoms with Crippen molar-refractivity contribution in [2.24, 2.45) is 0 Å². The van der Waals surface area contributed by atoms with Gasteiger partial charge in [0, 0.05) is 6.42 Å². The average molecular weight is 357 g/mol. The van der Waals surface area contributed by atoms with Crippen LogP contribution in [0, 0.1) is 0 Å². The van der Waals surface area contributed by atoms with Crippen molar-refractivity contribution in [3.8, 4) is 0 Å². The molecule has 0 spiro atoms. The van der Waals surface area contributed by atoms with Crippen molar-refractivity contribution in [3.05, 3.63) is 42.0 Å². The lowest BCUT2D eigenvalue weighted by Crippen LogP contribution is -2.48. The van der Waals surface area contributed by atoms with Crippen LogP contribution in [0.15, 0.2) is 30.8 Å². The van der Waals surface area contributed by atoms with E-state index in [9.17, 15) is 14.3 Å². The maximum Gasteiger partial charge on any atom is 0.338 e. The number of hydrogen-bond donors (Lipinski definition) is 1. The second-order valence-corrected chi connectivity index (χ2v) is 7.48. The summed E-state index contributed by atoms with van der Waals surface area (Å²) < 4.78 is 20.8. The maximum absolute atomic E-state index is 12.0. The third-order valence-electron chi connectivity index (χ3n) is 3.59. The van der Waals surface area contributed by atoms with Gasteiger partial charge in [-0.25, -0.2) is 4.79 Å². The van der Waals surface area contributed by atoms with E-state index in [0.29, 0.717) is 16.5 Å². The number of nitrogens with zero attached hydrogens (tertiary/aromatic N) is 1. The van der Waals surface area contributed by atoms with E-state index in [-0.39, 0.29) is 19.3 Å². The van der Waals surface area contributed by atoms with Gasteiger partial charge in [0.05, 0.1) is 33.3 Å². The van der Waals surface area contributed by atoms with Gasteiger partial charge in [-0.1, -0.05) is 24.8 Å². The molecule has 2 unspecified atom stereocenters. The highest BCUT2D eigenvalue weighted by Crippen LogP contribution is 2.31. The van der Waals surface area contributed by atoms with Gasteiger partial charge in [-0.15, -0.1) is 0 Å². The normalized spacial score (nSPS) is 15.4. The van der Waals surface area contributed by atoms with Gasteiger partial charge >= 0.3 is 5.97 Å². The van der Waals surface area contributed by atoms with E-state index in [0.717, 1.165) is 5.56 Å². The van der Waals surface area contributed by atoms with E-state index in [1.54, 1.807) is 30.3 Å². The molecule has 24 heavy (non-hydrogen) atoms. The molecule has 0 radical (unpaired) electrons. The summed E-state index contributed by atoms with van der Waals surface area (Å²) in [6.07, 6.45) is 2.07. The lowest BCUT2D eigenvalue weighted by molar-refractivity contribution is -0.896. The van der Waals surface area contributed by atoms with Crippen LogP contribution >= 0.6 is 7.82 Å². The summed E-state index contributed by atoms with van der Waals surface area (Å²) in [5, 5.41) is 0. The molecule has 134 valence electrons. The van der Waals surface area contributed by atoms with Crippen LogP contribution in [-0.2, 0) is 13.8 Å². The Morgan fingerprint density at radius 1 is 1.38 bits per heavy atom. The lowest BCUT2D eigenvalue weighted by atomic mass is 10.1. The highest BCUT2D eigenvalue weighted by atomic mass is 31.2. The molecular weight excluding hydrogens is 333 g/mol. The molecular formula is C16H24NO6P. The molecule has 7 nitrogen and oxygen atoms in total. The largest absolute Gasteiger partial charge is 0.756 e. The highest BCUT2D eigenvalue weighted by molar-refractivity contribution is 7.44. The number of quaternary nitrogens is 1. The van der Waals surface area contributed by atoms with E-state index in [4.69, 9.17) is 9.63 Å². The Hall–Kier alpha value is -1.50. The quantitative estimate of drug-likeness (QED) is 0.408. The molecule has 1 aromatic carbocycles.